The highest BCUT2D eigenvalue weighted by Gasteiger charge is 2.26. The van der Waals surface area contributed by atoms with Crippen LogP contribution in [0.3, 0.4) is 0 Å². The Morgan fingerprint density at radius 1 is 1.28 bits per heavy atom. The van der Waals surface area contributed by atoms with Gasteiger partial charge in [-0.3, -0.25) is 9.69 Å². The Balaban J connectivity index is 0.00000312. The quantitative estimate of drug-likeness (QED) is 0.800. The Labute approximate surface area is 157 Å². The number of methoxy groups -OCH3 is 2. The van der Waals surface area contributed by atoms with Crippen LogP contribution in [0, 0.1) is 5.92 Å². The molecule has 1 aliphatic rings. The lowest BCUT2D eigenvalue weighted by atomic mass is 9.95. The van der Waals surface area contributed by atoms with Gasteiger partial charge >= 0.3 is 0 Å². The van der Waals surface area contributed by atoms with E-state index < -0.39 is 0 Å². The van der Waals surface area contributed by atoms with E-state index in [4.69, 9.17) is 9.47 Å². The number of hydrogen-bond acceptors (Lipinski definition) is 4. The lowest BCUT2D eigenvalue weighted by Gasteiger charge is -2.32. The van der Waals surface area contributed by atoms with Crippen LogP contribution in [0.5, 0.6) is 11.5 Å². The number of piperidine rings is 1. The van der Waals surface area contributed by atoms with Gasteiger partial charge in [0.2, 0.25) is 5.91 Å². The van der Waals surface area contributed by atoms with Gasteiger partial charge in [0.15, 0.2) is 0 Å². The fraction of sp³-hybridized carbons (Fsp3) is 0.632. The number of carbonyl (C=O) groups is 1. The molecule has 0 aromatic heterocycles. The van der Waals surface area contributed by atoms with E-state index in [1.165, 1.54) is 0 Å². The molecule has 0 bridgehead atoms. The van der Waals surface area contributed by atoms with Crippen LogP contribution in [0.4, 0.5) is 0 Å². The molecule has 0 saturated carbocycles. The monoisotopic (exact) mass is 370 g/mol. The summed E-state index contributed by atoms with van der Waals surface area (Å²) in [7, 11) is 3.34. The largest absolute Gasteiger partial charge is 0.497 e. The number of nitrogens with one attached hydrogen (secondary N) is 1. The van der Waals surface area contributed by atoms with Crippen molar-refractivity contribution in [3.05, 3.63) is 23.8 Å². The third-order valence-corrected chi connectivity index (χ3v) is 4.85. The van der Waals surface area contributed by atoms with Crippen LogP contribution in [0.25, 0.3) is 0 Å². The van der Waals surface area contributed by atoms with Gasteiger partial charge in [-0.05, 0) is 45.3 Å². The van der Waals surface area contributed by atoms with Crippen molar-refractivity contribution in [1.82, 2.24) is 10.2 Å². The van der Waals surface area contributed by atoms with Gasteiger partial charge in [0, 0.05) is 30.1 Å². The predicted molar refractivity (Wildman–Crippen MR) is 103 cm³/mol. The highest BCUT2D eigenvalue weighted by atomic mass is 35.5. The minimum absolute atomic E-state index is 0. The summed E-state index contributed by atoms with van der Waals surface area (Å²) >= 11 is 0. The Bertz CT molecular complexity index is 545. The van der Waals surface area contributed by atoms with Gasteiger partial charge < -0.3 is 14.8 Å². The van der Waals surface area contributed by atoms with E-state index in [2.05, 4.69) is 30.1 Å². The van der Waals surface area contributed by atoms with Crippen molar-refractivity contribution in [2.24, 2.45) is 5.92 Å². The number of carbonyl (C=O) groups excluding carboxylic acids is 1. The second-order valence-electron chi connectivity index (χ2n) is 6.55. The lowest BCUT2D eigenvalue weighted by molar-refractivity contribution is -0.127. The standard InChI is InChI=1S/C19H30N2O3.ClH/c1-5-14(2)20-19(22)15-8-10-21(11-9-15)13-16-6-7-17(23-3)12-18(16)24-4;/h6-7,12,14-15H,5,8-11,13H2,1-4H3,(H,20,22);1H. The van der Waals surface area contributed by atoms with Gasteiger partial charge in [0.25, 0.3) is 0 Å². The minimum Gasteiger partial charge on any atom is -0.497 e. The van der Waals surface area contributed by atoms with Crippen LogP contribution in [0.2, 0.25) is 0 Å². The number of rotatable bonds is 7. The van der Waals surface area contributed by atoms with E-state index in [0.29, 0.717) is 0 Å². The van der Waals surface area contributed by atoms with Crippen LogP contribution in [0.1, 0.15) is 38.7 Å². The maximum absolute atomic E-state index is 12.2. The summed E-state index contributed by atoms with van der Waals surface area (Å²) < 4.78 is 10.7. The van der Waals surface area contributed by atoms with Crippen molar-refractivity contribution in [2.75, 3.05) is 27.3 Å². The number of halogens is 1. The SMILES string of the molecule is CCC(C)NC(=O)C1CCN(Cc2ccc(OC)cc2OC)CC1.Cl. The van der Waals surface area contributed by atoms with Gasteiger partial charge in [0.1, 0.15) is 11.5 Å². The molecule has 1 heterocycles. The number of benzene rings is 1. The Hall–Kier alpha value is -1.46. The Kier molecular flexibility index (Phi) is 9.08. The summed E-state index contributed by atoms with van der Waals surface area (Å²) in [5.41, 5.74) is 1.15. The number of hydrogen-bond donors (Lipinski definition) is 1. The number of ether oxygens (including phenoxy) is 2. The molecule has 0 aliphatic carbocycles. The Morgan fingerprint density at radius 3 is 2.52 bits per heavy atom. The first-order valence-electron chi connectivity index (χ1n) is 8.81. The van der Waals surface area contributed by atoms with Gasteiger partial charge in [-0.2, -0.15) is 0 Å². The van der Waals surface area contributed by atoms with Crippen molar-refractivity contribution >= 4 is 18.3 Å². The lowest BCUT2D eigenvalue weighted by Crippen LogP contribution is -2.42. The number of amides is 1. The van der Waals surface area contributed by atoms with Crippen LogP contribution < -0.4 is 14.8 Å². The fourth-order valence-corrected chi connectivity index (χ4v) is 3.04. The summed E-state index contributed by atoms with van der Waals surface area (Å²) in [6.45, 7) is 6.87. The molecule has 1 fully saturated rings. The summed E-state index contributed by atoms with van der Waals surface area (Å²) in [6, 6.07) is 6.20. The average molecular weight is 371 g/mol. The maximum atomic E-state index is 12.2. The molecule has 6 heteroatoms. The van der Waals surface area contributed by atoms with Crippen molar-refractivity contribution in [3.63, 3.8) is 0 Å². The smallest absolute Gasteiger partial charge is 0.223 e. The third-order valence-electron chi connectivity index (χ3n) is 4.85. The molecule has 1 amide bonds. The average Bonchev–Trinajstić information content (AvgIpc) is 2.62. The molecule has 5 nitrogen and oxygen atoms in total. The van der Waals surface area contributed by atoms with Gasteiger partial charge in [0.05, 0.1) is 14.2 Å². The first-order valence-corrected chi connectivity index (χ1v) is 8.81. The molecule has 0 radical (unpaired) electrons. The summed E-state index contributed by atoms with van der Waals surface area (Å²) in [5.74, 6) is 2.01. The molecule has 1 atom stereocenters. The molecule has 2 rings (SSSR count). The summed E-state index contributed by atoms with van der Waals surface area (Å²) in [6.07, 6.45) is 2.81. The molecule has 1 aliphatic heterocycles. The predicted octanol–water partition coefficient (Wildman–Crippen LogP) is 3.25. The highest BCUT2D eigenvalue weighted by Crippen LogP contribution is 2.27. The molecule has 142 valence electrons. The Morgan fingerprint density at radius 2 is 1.96 bits per heavy atom. The molecule has 25 heavy (non-hydrogen) atoms. The van der Waals surface area contributed by atoms with Gasteiger partial charge in [-0.15, -0.1) is 12.4 Å². The molecule has 1 saturated heterocycles. The maximum Gasteiger partial charge on any atom is 0.223 e. The van der Waals surface area contributed by atoms with Crippen LogP contribution >= 0.6 is 12.4 Å². The first-order chi connectivity index (χ1) is 11.6. The van der Waals surface area contributed by atoms with E-state index in [0.717, 1.165) is 56.0 Å². The first kappa shape index (κ1) is 21.6. The second-order valence-corrected chi connectivity index (χ2v) is 6.55. The fourth-order valence-electron chi connectivity index (χ4n) is 3.04. The molecule has 1 unspecified atom stereocenters. The molecular weight excluding hydrogens is 340 g/mol. The minimum atomic E-state index is 0. The van der Waals surface area contributed by atoms with E-state index >= 15 is 0 Å². The molecule has 1 aromatic carbocycles. The molecule has 0 spiro atoms. The summed E-state index contributed by atoms with van der Waals surface area (Å²) in [5, 5.41) is 3.10. The molecule has 1 N–H and O–H groups in total. The zero-order valence-electron chi connectivity index (χ0n) is 15.7. The molecule has 1 aromatic rings. The van der Waals surface area contributed by atoms with Gasteiger partial charge in [-0.1, -0.05) is 13.0 Å². The van der Waals surface area contributed by atoms with E-state index in [-0.39, 0.29) is 30.3 Å². The zero-order chi connectivity index (χ0) is 17.5. The van der Waals surface area contributed by atoms with Crippen LogP contribution in [-0.4, -0.2) is 44.2 Å². The van der Waals surface area contributed by atoms with E-state index in [9.17, 15) is 4.79 Å². The van der Waals surface area contributed by atoms with Crippen LogP contribution in [-0.2, 0) is 11.3 Å². The number of nitrogens with zero attached hydrogens (tertiary/aromatic N) is 1. The second kappa shape index (κ2) is 10.5. The summed E-state index contributed by atoms with van der Waals surface area (Å²) in [4.78, 5) is 14.6. The van der Waals surface area contributed by atoms with Gasteiger partial charge in [-0.25, -0.2) is 0 Å². The van der Waals surface area contributed by atoms with Crippen molar-refractivity contribution in [1.29, 1.82) is 0 Å². The van der Waals surface area contributed by atoms with E-state index in [1.54, 1.807) is 14.2 Å². The topological polar surface area (TPSA) is 50.8 Å². The highest BCUT2D eigenvalue weighted by molar-refractivity contribution is 5.85. The molecular formula is C19H31ClN2O3. The van der Waals surface area contributed by atoms with Crippen molar-refractivity contribution in [2.45, 2.75) is 45.7 Å². The van der Waals surface area contributed by atoms with Crippen LogP contribution in [0.15, 0.2) is 18.2 Å². The van der Waals surface area contributed by atoms with Crippen molar-refractivity contribution < 1.29 is 14.3 Å². The normalized spacial score (nSPS) is 16.6. The van der Waals surface area contributed by atoms with Crippen molar-refractivity contribution in [3.8, 4) is 11.5 Å². The third kappa shape index (κ3) is 6.08. The van der Waals surface area contributed by atoms with E-state index in [1.807, 2.05) is 12.1 Å². The number of likely N-dealkylation sites (tertiary alicyclic amines) is 1. The zero-order valence-corrected chi connectivity index (χ0v) is 16.5.